The van der Waals surface area contributed by atoms with Crippen LogP contribution in [0.15, 0.2) is 0 Å². The molecule has 3 N–H and O–H groups in total. The van der Waals surface area contributed by atoms with E-state index in [1.165, 1.54) is 0 Å². The van der Waals surface area contributed by atoms with Gasteiger partial charge < -0.3 is 10.8 Å². The summed E-state index contributed by atoms with van der Waals surface area (Å²) in [7, 11) is 0. The molecule has 11 heavy (non-hydrogen) atoms. The van der Waals surface area contributed by atoms with Gasteiger partial charge in [-0.3, -0.25) is 4.79 Å². The average molecular weight is 159 g/mol. The maximum Gasteiger partial charge on any atom is 0.310 e. The molecule has 66 valence electrons. The molecule has 0 aliphatic heterocycles. The van der Waals surface area contributed by atoms with Crippen molar-refractivity contribution in [2.24, 2.45) is 17.1 Å². The van der Waals surface area contributed by atoms with Crippen LogP contribution >= 0.6 is 0 Å². The molecule has 0 bridgehead atoms. The minimum Gasteiger partial charge on any atom is -0.481 e. The van der Waals surface area contributed by atoms with E-state index in [0.29, 0.717) is 0 Å². The Bertz CT molecular complexity index is 152. The summed E-state index contributed by atoms with van der Waals surface area (Å²) in [4.78, 5) is 10.7. The van der Waals surface area contributed by atoms with Crippen LogP contribution in [0.4, 0.5) is 0 Å². The van der Waals surface area contributed by atoms with Crippen LogP contribution in [0.25, 0.3) is 0 Å². The Morgan fingerprint density at radius 1 is 1.45 bits per heavy atom. The highest BCUT2D eigenvalue weighted by Gasteiger charge is 2.35. The fraction of sp³-hybridized carbons (Fsp3) is 0.875. The van der Waals surface area contributed by atoms with Crippen molar-refractivity contribution in [1.29, 1.82) is 0 Å². The Hall–Kier alpha value is -0.570. The molecule has 0 aliphatic rings. The standard InChI is InChI=1S/C8H17NO2/c1-5(2)6(9)8(3,4)7(10)11/h5-6H,9H2,1-4H3,(H,10,11)/t6-/m0/s1. The van der Waals surface area contributed by atoms with Gasteiger partial charge in [-0.05, 0) is 19.8 Å². The topological polar surface area (TPSA) is 63.3 Å². The van der Waals surface area contributed by atoms with Crippen molar-refractivity contribution in [2.75, 3.05) is 0 Å². The molecule has 0 amide bonds. The Labute approximate surface area is 67.6 Å². The van der Waals surface area contributed by atoms with Crippen LogP contribution in [-0.4, -0.2) is 17.1 Å². The molecule has 3 nitrogen and oxygen atoms in total. The molecule has 0 unspecified atom stereocenters. The number of carboxylic acid groups (broad SMARTS) is 1. The highest BCUT2D eigenvalue weighted by Crippen LogP contribution is 2.24. The van der Waals surface area contributed by atoms with Gasteiger partial charge in [-0.2, -0.15) is 0 Å². The lowest BCUT2D eigenvalue weighted by Crippen LogP contribution is -2.46. The fourth-order valence-electron chi connectivity index (χ4n) is 0.976. The summed E-state index contributed by atoms with van der Waals surface area (Å²) >= 11 is 0. The van der Waals surface area contributed by atoms with Crippen molar-refractivity contribution in [3.8, 4) is 0 Å². The average Bonchev–Trinajstić information content (AvgIpc) is 1.85. The second kappa shape index (κ2) is 3.22. The number of carbonyl (C=O) groups is 1. The number of aliphatic carboxylic acids is 1. The normalized spacial score (nSPS) is 15.1. The Morgan fingerprint density at radius 3 is 1.91 bits per heavy atom. The van der Waals surface area contributed by atoms with Crippen molar-refractivity contribution < 1.29 is 9.90 Å². The first kappa shape index (κ1) is 10.4. The lowest BCUT2D eigenvalue weighted by molar-refractivity contribution is -0.148. The molecular weight excluding hydrogens is 142 g/mol. The summed E-state index contributed by atoms with van der Waals surface area (Å²) in [5, 5.41) is 8.78. The van der Waals surface area contributed by atoms with E-state index in [2.05, 4.69) is 0 Å². The van der Waals surface area contributed by atoms with Gasteiger partial charge in [-0.15, -0.1) is 0 Å². The van der Waals surface area contributed by atoms with E-state index in [1.54, 1.807) is 13.8 Å². The minimum absolute atomic E-state index is 0.195. The number of carboxylic acids is 1. The lowest BCUT2D eigenvalue weighted by Gasteiger charge is -2.29. The quantitative estimate of drug-likeness (QED) is 0.647. The Morgan fingerprint density at radius 2 is 1.82 bits per heavy atom. The predicted octanol–water partition coefficient (Wildman–Crippen LogP) is 1.08. The maximum atomic E-state index is 10.7. The van der Waals surface area contributed by atoms with Gasteiger partial charge in [0.25, 0.3) is 0 Å². The van der Waals surface area contributed by atoms with Crippen LogP contribution in [0.5, 0.6) is 0 Å². The van der Waals surface area contributed by atoms with E-state index < -0.39 is 11.4 Å². The number of nitrogens with two attached hydrogens (primary N) is 1. The summed E-state index contributed by atoms with van der Waals surface area (Å²) in [5.41, 5.74) is 4.89. The van der Waals surface area contributed by atoms with Gasteiger partial charge in [0, 0.05) is 6.04 Å². The van der Waals surface area contributed by atoms with Crippen LogP contribution in [0.3, 0.4) is 0 Å². The molecule has 0 aliphatic carbocycles. The second-order valence-corrected chi connectivity index (χ2v) is 3.80. The van der Waals surface area contributed by atoms with Gasteiger partial charge in [-0.25, -0.2) is 0 Å². The summed E-state index contributed by atoms with van der Waals surface area (Å²) in [6, 6.07) is -0.292. The molecular formula is C8H17NO2. The zero-order chi connectivity index (χ0) is 9.23. The van der Waals surface area contributed by atoms with E-state index in [-0.39, 0.29) is 12.0 Å². The Kier molecular flexibility index (Phi) is 3.05. The smallest absolute Gasteiger partial charge is 0.310 e. The van der Waals surface area contributed by atoms with Gasteiger partial charge in [-0.1, -0.05) is 13.8 Å². The molecule has 0 radical (unpaired) electrons. The molecule has 0 saturated carbocycles. The third-order valence-electron chi connectivity index (χ3n) is 2.10. The molecule has 1 atom stereocenters. The number of rotatable bonds is 3. The van der Waals surface area contributed by atoms with Gasteiger partial charge in [0.15, 0.2) is 0 Å². The van der Waals surface area contributed by atoms with Gasteiger partial charge >= 0.3 is 5.97 Å². The van der Waals surface area contributed by atoms with Crippen molar-refractivity contribution in [3.05, 3.63) is 0 Å². The van der Waals surface area contributed by atoms with Crippen molar-refractivity contribution >= 4 is 5.97 Å². The molecule has 0 rings (SSSR count). The van der Waals surface area contributed by atoms with Crippen LogP contribution in [0.2, 0.25) is 0 Å². The SMILES string of the molecule is CC(C)[C@H](N)C(C)(C)C(=O)O. The first-order valence-electron chi connectivity index (χ1n) is 3.79. The van der Waals surface area contributed by atoms with Crippen molar-refractivity contribution in [1.82, 2.24) is 0 Å². The molecule has 0 spiro atoms. The molecule has 0 saturated heterocycles. The van der Waals surface area contributed by atoms with E-state index >= 15 is 0 Å². The van der Waals surface area contributed by atoms with Gasteiger partial charge in [0.2, 0.25) is 0 Å². The van der Waals surface area contributed by atoms with Crippen LogP contribution < -0.4 is 5.73 Å². The zero-order valence-electron chi connectivity index (χ0n) is 7.59. The third-order valence-corrected chi connectivity index (χ3v) is 2.10. The van der Waals surface area contributed by atoms with Gasteiger partial charge in [0.05, 0.1) is 5.41 Å². The first-order valence-corrected chi connectivity index (χ1v) is 3.79. The van der Waals surface area contributed by atoms with Crippen LogP contribution in [0, 0.1) is 11.3 Å². The molecule has 0 aromatic carbocycles. The van der Waals surface area contributed by atoms with Crippen LogP contribution in [-0.2, 0) is 4.79 Å². The number of hydrogen-bond acceptors (Lipinski definition) is 2. The van der Waals surface area contributed by atoms with Crippen molar-refractivity contribution in [2.45, 2.75) is 33.7 Å². The molecule has 0 aromatic heterocycles. The lowest BCUT2D eigenvalue weighted by atomic mass is 9.79. The summed E-state index contributed by atoms with van der Waals surface area (Å²) in [6.45, 7) is 7.16. The third kappa shape index (κ3) is 2.19. The largest absolute Gasteiger partial charge is 0.481 e. The first-order chi connectivity index (χ1) is 4.80. The second-order valence-electron chi connectivity index (χ2n) is 3.80. The monoisotopic (exact) mass is 159 g/mol. The molecule has 0 fully saturated rings. The molecule has 0 heterocycles. The zero-order valence-corrected chi connectivity index (χ0v) is 7.59. The highest BCUT2D eigenvalue weighted by atomic mass is 16.4. The van der Waals surface area contributed by atoms with E-state index in [0.717, 1.165) is 0 Å². The maximum absolute atomic E-state index is 10.7. The van der Waals surface area contributed by atoms with E-state index in [4.69, 9.17) is 10.8 Å². The van der Waals surface area contributed by atoms with Gasteiger partial charge in [0.1, 0.15) is 0 Å². The Balaban J connectivity index is 4.42. The summed E-state index contributed by atoms with van der Waals surface area (Å²) in [6.07, 6.45) is 0. The number of hydrogen-bond donors (Lipinski definition) is 2. The summed E-state index contributed by atoms with van der Waals surface area (Å²) < 4.78 is 0. The van der Waals surface area contributed by atoms with E-state index in [1.807, 2.05) is 13.8 Å². The molecule has 0 aromatic rings. The van der Waals surface area contributed by atoms with Crippen molar-refractivity contribution in [3.63, 3.8) is 0 Å². The summed E-state index contributed by atoms with van der Waals surface area (Å²) in [5.74, 6) is -0.639. The van der Waals surface area contributed by atoms with Crippen LogP contribution in [0.1, 0.15) is 27.7 Å². The minimum atomic E-state index is -0.835. The highest BCUT2D eigenvalue weighted by molar-refractivity contribution is 5.74. The predicted molar refractivity (Wildman–Crippen MR) is 44.2 cm³/mol. The fourth-order valence-corrected chi connectivity index (χ4v) is 0.976. The van der Waals surface area contributed by atoms with E-state index in [9.17, 15) is 4.79 Å². The molecule has 3 heteroatoms.